The molecule has 3 rings (SSSR count). The lowest BCUT2D eigenvalue weighted by Gasteiger charge is -2.24. The van der Waals surface area contributed by atoms with E-state index < -0.39 is 0 Å². The number of nitrogens with zero attached hydrogens (tertiary/aromatic N) is 5. The lowest BCUT2D eigenvalue weighted by molar-refractivity contribution is 0.452. The maximum Gasteiger partial charge on any atom is 0.170 e. The molecule has 24 heavy (non-hydrogen) atoms. The summed E-state index contributed by atoms with van der Waals surface area (Å²) >= 11 is 1.63. The average molecular weight is 340 g/mol. The van der Waals surface area contributed by atoms with Crippen molar-refractivity contribution in [3.63, 3.8) is 0 Å². The summed E-state index contributed by atoms with van der Waals surface area (Å²) in [5, 5.41) is 18.7. The van der Waals surface area contributed by atoms with Crippen molar-refractivity contribution in [3.05, 3.63) is 29.3 Å². The highest BCUT2D eigenvalue weighted by molar-refractivity contribution is 7.99. The first kappa shape index (κ1) is 16.7. The van der Waals surface area contributed by atoms with Crippen molar-refractivity contribution < 1.29 is 0 Å². The molecular weight excluding hydrogens is 320 g/mol. The van der Waals surface area contributed by atoms with Gasteiger partial charge in [-0.1, -0.05) is 39.5 Å². The summed E-state index contributed by atoms with van der Waals surface area (Å²) in [5.74, 6) is 2.17. The molecule has 0 saturated heterocycles. The molecule has 1 atom stereocenters. The second kappa shape index (κ2) is 6.02. The van der Waals surface area contributed by atoms with E-state index in [2.05, 4.69) is 48.7 Å². The van der Waals surface area contributed by atoms with E-state index in [1.165, 1.54) is 0 Å². The largest absolute Gasteiger partial charge is 0.304 e. The molecule has 0 saturated carbocycles. The van der Waals surface area contributed by atoms with Gasteiger partial charge >= 0.3 is 0 Å². The number of thioether (sulfide) groups is 1. The average Bonchev–Trinajstić information content (AvgIpc) is 2.54. The molecule has 2 aromatic rings. The van der Waals surface area contributed by atoms with Gasteiger partial charge in [-0.3, -0.25) is 5.41 Å². The van der Waals surface area contributed by atoms with Crippen molar-refractivity contribution >= 4 is 11.8 Å². The van der Waals surface area contributed by atoms with E-state index in [1.807, 2.05) is 4.57 Å². The third-order valence-corrected chi connectivity index (χ3v) is 5.19. The van der Waals surface area contributed by atoms with Crippen LogP contribution < -0.4 is 5.49 Å². The number of hydrogen-bond donors (Lipinski definition) is 1. The fraction of sp³-hybridized carbons (Fsp3) is 0.471. The standard InChI is InChI=1S/C17H20N6S/c1-10-8-23-14(19)12(5-18)13(22-16(23)24-9-10)11-6-20-15(21-7-11)17(2,3)4/h6-7,10,19H,8-9H2,1-4H3/t10-/m0/s1. The molecule has 0 bridgehead atoms. The van der Waals surface area contributed by atoms with Gasteiger partial charge in [0.25, 0.3) is 0 Å². The van der Waals surface area contributed by atoms with Gasteiger partial charge in [0.15, 0.2) is 5.16 Å². The summed E-state index contributed by atoms with van der Waals surface area (Å²) in [7, 11) is 0. The minimum Gasteiger partial charge on any atom is -0.304 e. The lowest BCUT2D eigenvalue weighted by Crippen LogP contribution is -2.32. The van der Waals surface area contributed by atoms with Gasteiger partial charge in [0, 0.05) is 35.7 Å². The zero-order valence-corrected chi connectivity index (χ0v) is 15.1. The number of aromatic nitrogens is 4. The second-order valence-electron chi connectivity index (χ2n) is 7.15. The highest BCUT2D eigenvalue weighted by atomic mass is 32.2. The molecule has 0 spiro atoms. The summed E-state index contributed by atoms with van der Waals surface area (Å²) in [6.45, 7) is 9.02. The summed E-state index contributed by atoms with van der Waals surface area (Å²) in [4.78, 5) is 13.5. The Labute approximate surface area is 145 Å². The van der Waals surface area contributed by atoms with E-state index in [1.54, 1.807) is 24.2 Å². The molecule has 1 aliphatic rings. The molecule has 1 N–H and O–H groups in total. The predicted molar refractivity (Wildman–Crippen MR) is 92.4 cm³/mol. The molecule has 0 aliphatic carbocycles. The molecule has 2 aromatic heterocycles. The number of hydrogen-bond acceptors (Lipinski definition) is 6. The van der Waals surface area contributed by atoms with Crippen LogP contribution >= 0.6 is 11.8 Å². The molecule has 0 radical (unpaired) electrons. The van der Waals surface area contributed by atoms with Gasteiger partial charge < -0.3 is 4.57 Å². The van der Waals surface area contributed by atoms with Crippen LogP contribution in [0.4, 0.5) is 0 Å². The van der Waals surface area contributed by atoms with Crippen LogP contribution in [0.25, 0.3) is 11.3 Å². The smallest absolute Gasteiger partial charge is 0.170 e. The predicted octanol–water partition coefficient (Wildman–Crippen LogP) is 2.73. The van der Waals surface area contributed by atoms with Gasteiger partial charge in [0.05, 0.1) is 5.69 Å². The van der Waals surface area contributed by atoms with Gasteiger partial charge in [0.2, 0.25) is 0 Å². The molecule has 0 amide bonds. The quantitative estimate of drug-likeness (QED) is 0.806. The number of nitrogens with one attached hydrogen (secondary N) is 1. The van der Waals surface area contributed by atoms with Crippen LogP contribution in [-0.4, -0.2) is 25.3 Å². The van der Waals surface area contributed by atoms with Crippen LogP contribution in [-0.2, 0) is 12.0 Å². The Morgan fingerprint density at radius 2 is 2.00 bits per heavy atom. The van der Waals surface area contributed by atoms with Gasteiger partial charge in [-0.05, 0) is 5.92 Å². The summed E-state index contributed by atoms with van der Waals surface area (Å²) in [6, 6.07) is 2.14. The molecule has 124 valence electrons. The van der Waals surface area contributed by atoms with Crippen LogP contribution in [0.15, 0.2) is 17.6 Å². The first-order valence-electron chi connectivity index (χ1n) is 7.86. The highest BCUT2D eigenvalue weighted by Crippen LogP contribution is 2.28. The summed E-state index contributed by atoms with van der Waals surface area (Å²) in [5.41, 5.74) is 1.53. The SMILES string of the molecule is C[C@@H]1CSc2nc(-c3cnc(C(C)(C)C)nc3)c(C#N)c(=N)n2C1. The van der Waals surface area contributed by atoms with Gasteiger partial charge in [0.1, 0.15) is 22.9 Å². The molecule has 6 nitrogen and oxygen atoms in total. The second-order valence-corrected chi connectivity index (χ2v) is 8.14. The number of nitriles is 1. The normalized spacial score (nSPS) is 17.2. The molecule has 0 aromatic carbocycles. The Morgan fingerprint density at radius 3 is 2.58 bits per heavy atom. The Bertz CT molecular complexity index is 870. The third kappa shape index (κ3) is 2.94. The van der Waals surface area contributed by atoms with Crippen molar-refractivity contribution in [2.24, 2.45) is 5.92 Å². The van der Waals surface area contributed by atoms with Crippen LogP contribution in [0, 0.1) is 22.7 Å². The molecule has 3 heterocycles. The van der Waals surface area contributed by atoms with E-state index in [4.69, 9.17) is 5.41 Å². The monoisotopic (exact) mass is 340 g/mol. The third-order valence-electron chi connectivity index (χ3n) is 3.88. The topological polar surface area (TPSA) is 91.2 Å². The van der Waals surface area contributed by atoms with E-state index in [0.717, 1.165) is 23.3 Å². The van der Waals surface area contributed by atoms with Crippen molar-refractivity contribution in [1.82, 2.24) is 19.5 Å². The Hall–Kier alpha value is -2.20. The maximum absolute atomic E-state index is 9.54. The molecule has 0 unspecified atom stereocenters. The first-order valence-corrected chi connectivity index (χ1v) is 8.85. The number of rotatable bonds is 1. The Balaban J connectivity index is 2.14. The Kier molecular flexibility index (Phi) is 4.18. The maximum atomic E-state index is 9.54. The lowest BCUT2D eigenvalue weighted by atomic mass is 9.95. The summed E-state index contributed by atoms with van der Waals surface area (Å²) < 4.78 is 1.82. The van der Waals surface area contributed by atoms with E-state index in [9.17, 15) is 5.26 Å². The van der Waals surface area contributed by atoms with Gasteiger partial charge in [-0.2, -0.15) is 5.26 Å². The van der Waals surface area contributed by atoms with Crippen molar-refractivity contribution in [2.75, 3.05) is 5.75 Å². The fourth-order valence-corrected chi connectivity index (χ4v) is 3.58. The first-order chi connectivity index (χ1) is 11.3. The highest BCUT2D eigenvalue weighted by Gasteiger charge is 2.23. The summed E-state index contributed by atoms with van der Waals surface area (Å²) in [6.07, 6.45) is 3.40. The Morgan fingerprint density at radius 1 is 1.33 bits per heavy atom. The minimum absolute atomic E-state index is 0.137. The van der Waals surface area contributed by atoms with Crippen LogP contribution in [0.1, 0.15) is 39.1 Å². The fourth-order valence-electron chi connectivity index (χ4n) is 2.57. The van der Waals surface area contributed by atoms with E-state index >= 15 is 0 Å². The molecule has 7 heteroatoms. The molecule has 0 fully saturated rings. The van der Waals surface area contributed by atoms with Crippen LogP contribution in [0.5, 0.6) is 0 Å². The molecule has 1 aliphatic heterocycles. The molecular formula is C17H20N6S. The van der Waals surface area contributed by atoms with Crippen molar-refractivity contribution in [1.29, 1.82) is 10.7 Å². The van der Waals surface area contributed by atoms with E-state index in [0.29, 0.717) is 17.2 Å². The zero-order chi connectivity index (χ0) is 17.5. The van der Waals surface area contributed by atoms with E-state index in [-0.39, 0.29) is 16.5 Å². The zero-order valence-electron chi connectivity index (χ0n) is 14.3. The minimum atomic E-state index is -0.137. The van der Waals surface area contributed by atoms with Gasteiger partial charge in [-0.25, -0.2) is 15.0 Å². The van der Waals surface area contributed by atoms with Crippen molar-refractivity contribution in [3.8, 4) is 17.3 Å². The van der Waals surface area contributed by atoms with Crippen LogP contribution in [0.3, 0.4) is 0 Å². The van der Waals surface area contributed by atoms with Crippen LogP contribution in [0.2, 0.25) is 0 Å². The van der Waals surface area contributed by atoms with Gasteiger partial charge in [-0.15, -0.1) is 0 Å². The van der Waals surface area contributed by atoms with Crippen molar-refractivity contribution in [2.45, 2.75) is 44.8 Å². The number of fused-ring (bicyclic) bond motifs is 1.